The first-order valence-electron chi connectivity index (χ1n) is 7.43. The Morgan fingerprint density at radius 3 is 2.50 bits per heavy atom. The molecule has 1 saturated heterocycles. The minimum atomic E-state index is 0.154. The predicted octanol–water partition coefficient (Wildman–Crippen LogP) is 2.83. The van der Waals surface area contributed by atoms with Crippen molar-refractivity contribution in [2.24, 2.45) is 4.99 Å². The Balaban J connectivity index is 1.84. The van der Waals surface area contributed by atoms with Crippen LogP contribution in [0, 0.1) is 0 Å². The first kappa shape index (κ1) is 13.7. The molecule has 0 aromatic heterocycles. The van der Waals surface area contributed by atoms with Gasteiger partial charge in [-0.05, 0) is 46.2 Å². The highest BCUT2D eigenvalue weighted by Gasteiger charge is 2.27. The molecular formula is C15H26N2O. The summed E-state index contributed by atoms with van der Waals surface area (Å²) in [6.45, 7) is 3.09. The molecule has 0 amide bonds. The van der Waals surface area contributed by atoms with E-state index in [0.717, 1.165) is 25.1 Å². The van der Waals surface area contributed by atoms with Crippen LogP contribution >= 0.6 is 0 Å². The van der Waals surface area contributed by atoms with Crippen LogP contribution in [0.4, 0.5) is 0 Å². The van der Waals surface area contributed by atoms with Gasteiger partial charge in [-0.15, -0.1) is 0 Å². The van der Waals surface area contributed by atoms with Gasteiger partial charge in [0.25, 0.3) is 0 Å². The third kappa shape index (κ3) is 3.64. The zero-order valence-corrected chi connectivity index (χ0v) is 11.8. The Morgan fingerprint density at radius 2 is 1.89 bits per heavy atom. The van der Waals surface area contributed by atoms with E-state index in [1.165, 1.54) is 32.1 Å². The second-order valence-corrected chi connectivity index (χ2v) is 5.94. The highest BCUT2D eigenvalue weighted by molar-refractivity contribution is 6.03. The fourth-order valence-corrected chi connectivity index (χ4v) is 3.25. The van der Waals surface area contributed by atoms with Gasteiger partial charge in [0.15, 0.2) is 5.78 Å². The number of carbonyl (C=O) groups is 1. The van der Waals surface area contributed by atoms with Crippen molar-refractivity contribution in [1.29, 1.82) is 0 Å². The molecule has 1 unspecified atom stereocenters. The van der Waals surface area contributed by atoms with E-state index in [9.17, 15) is 4.79 Å². The van der Waals surface area contributed by atoms with Gasteiger partial charge >= 0.3 is 0 Å². The Morgan fingerprint density at radius 1 is 1.17 bits per heavy atom. The lowest BCUT2D eigenvalue weighted by atomic mass is 9.95. The number of aliphatic imine (C=N–C) groups is 1. The third-order valence-corrected chi connectivity index (χ3v) is 4.30. The van der Waals surface area contributed by atoms with Crippen LogP contribution in [0.15, 0.2) is 4.99 Å². The summed E-state index contributed by atoms with van der Waals surface area (Å²) in [5.41, 5.74) is 1.05. The first-order valence-corrected chi connectivity index (χ1v) is 7.43. The van der Waals surface area contributed by atoms with E-state index in [0.29, 0.717) is 18.2 Å². The zero-order valence-electron chi connectivity index (χ0n) is 11.8. The van der Waals surface area contributed by atoms with Crippen LogP contribution in [0.25, 0.3) is 0 Å². The molecule has 0 N–H and O–H groups in total. The van der Waals surface area contributed by atoms with Crippen molar-refractivity contribution >= 4 is 11.5 Å². The number of rotatable bonds is 4. The molecule has 102 valence electrons. The molecule has 1 aliphatic heterocycles. The number of hydrogen-bond acceptors (Lipinski definition) is 3. The Labute approximate surface area is 111 Å². The van der Waals surface area contributed by atoms with E-state index in [4.69, 9.17) is 4.99 Å². The molecule has 0 radical (unpaired) electrons. The largest absolute Gasteiger partial charge is 0.298 e. The summed E-state index contributed by atoms with van der Waals surface area (Å²) < 4.78 is 0. The lowest BCUT2D eigenvalue weighted by Crippen LogP contribution is -2.33. The summed E-state index contributed by atoms with van der Waals surface area (Å²) in [6, 6.07) is 0.648. The van der Waals surface area contributed by atoms with Crippen LogP contribution in [0.3, 0.4) is 0 Å². The average molecular weight is 250 g/mol. The standard InChI is InChI=1S/C15H26N2O/c1-12(16-13-7-4-3-5-8-13)11-15(18)14-9-6-10-17(14)2/h13-14H,3-11H2,1-2H3. The molecule has 0 aromatic carbocycles. The minimum Gasteiger partial charge on any atom is -0.298 e. The molecule has 2 fully saturated rings. The van der Waals surface area contributed by atoms with Crippen molar-refractivity contribution in [3.05, 3.63) is 0 Å². The molecule has 1 saturated carbocycles. The average Bonchev–Trinajstić information content (AvgIpc) is 2.76. The van der Waals surface area contributed by atoms with Gasteiger partial charge in [-0.3, -0.25) is 14.7 Å². The summed E-state index contributed by atoms with van der Waals surface area (Å²) in [5.74, 6) is 0.368. The summed E-state index contributed by atoms with van der Waals surface area (Å²) in [5, 5.41) is 0. The van der Waals surface area contributed by atoms with Gasteiger partial charge < -0.3 is 0 Å². The third-order valence-electron chi connectivity index (χ3n) is 4.30. The predicted molar refractivity (Wildman–Crippen MR) is 75.3 cm³/mol. The highest BCUT2D eigenvalue weighted by Crippen LogP contribution is 2.21. The van der Waals surface area contributed by atoms with E-state index in [1.807, 2.05) is 6.92 Å². The van der Waals surface area contributed by atoms with Gasteiger partial charge in [-0.25, -0.2) is 0 Å². The van der Waals surface area contributed by atoms with Crippen molar-refractivity contribution in [3.63, 3.8) is 0 Å². The number of ketones is 1. The van der Waals surface area contributed by atoms with Gasteiger partial charge in [0.05, 0.1) is 6.04 Å². The fraction of sp³-hybridized carbons (Fsp3) is 0.867. The number of nitrogens with zero attached hydrogens (tertiary/aromatic N) is 2. The molecular weight excluding hydrogens is 224 g/mol. The van der Waals surface area contributed by atoms with E-state index < -0.39 is 0 Å². The molecule has 1 aliphatic carbocycles. The lowest BCUT2D eigenvalue weighted by molar-refractivity contribution is -0.121. The lowest BCUT2D eigenvalue weighted by Gasteiger charge is -2.20. The molecule has 1 heterocycles. The van der Waals surface area contributed by atoms with Crippen molar-refractivity contribution in [3.8, 4) is 0 Å². The number of Topliss-reactive ketones (excluding diaryl/α,β-unsaturated/α-hetero) is 1. The van der Waals surface area contributed by atoms with Gasteiger partial charge in [-0.1, -0.05) is 19.3 Å². The molecule has 3 nitrogen and oxygen atoms in total. The molecule has 2 rings (SSSR count). The molecule has 0 aromatic rings. The maximum Gasteiger partial charge on any atom is 0.155 e. The summed E-state index contributed by atoms with van der Waals surface area (Å²) in [6.07, 6.45) is 9.16. The Bertz CT molecular complexity index is 318. The maximum absolute atomic E-state index is 12.2. The SMILES string of the molecule is CC(CC(=O)C1CCCN1C)=NC1CCCCC1. The molecule has 2 aliphatic rings. The van der Waals surface area contributed by atoms with Crippen molar-refractivity contribution in [2.75, 3.05) is 13.6 Å². The fourth-order valence-electron chi connectivity index (χ4n) is 3.25. The molecule has 0 spiro atoms. The van der Waals surface area contributed by atoms with Gasteiger partial charge in [-0.2, -0.15) is 0 Å². The van der Waals surface area contributed by atoms with Crippen molar-refractivity contribution < 1.29 is 4.79 Å². The minimum absolute atomic E-state index is 0.154. The first-order chi connectivity index (χ1) is 8.66. The van der Waals surface area contributed by atoms with Crippen LogP contribution in [-0.2, 0) is 4.79 Å². The van der Waals surface area contributed by atoms with Crippen LogP contribution in [0.5, 0.6) is 0 Å². The van der Waals surface area contributed by atoms with Crippen LogP contribution in [0.2, 0.25) is 0 Å². The topological polar surface area (TPSA) is 32.7 Å². The zero-order chi connectivity index (χ0) is 13.0. The molecule has 3 heteroatoms. The number of likely N-dealkylation sites (tertiary alicyclic amines) is 1. The van der Waals surface area contributed by atoms with E-state index in [-0.39, 0.29) is 6.04 Å². The van der Waals surface area contributed by atoms with E-state index in [2.05, 4.69) is 11.9 Å². The van der Waals surface area contributed by atoms with Crippen LogP contribution < -0.4 is 0 Å². The monoisotopic (exact) mass is 250 g/mol. The summed E-state index contributed by atoms with van der Waals surface area (Å²) >= 11 is 0. The quantitative estimate of drug-likeness (QED) is 0.719. The van der Waals surface area contributed by atoms with Crippen molar-refractivity contribution in [1.82, 2.24) is 4.90 Å². The smallest absolute Gasteiger partial charge is 0.155 e. The molecule has 18 heavy (non-hydrogen) atoms. The summed E-state index contributed by atoms with van der Waals surface area (Å²) in [7, 11) is 2.06. The summed E-state index contributed by atoms with van der Waals surface area (Å²) in [4.78, 5) is 19.1. The normalized spacial score (nSPS) is 27.7. The van der Waals surface area contributed by atoms with Gasteiger partial charge in [0.1, 0.15) is 0 Å². The van der Waals surface area contributed by atoms with Crippen LogP contribution in [0.1, 0.15) is 58.3 Å². The second-order valence-electron chi connectivity index (χ2n) is 5.94. The number of hydrogen-bond donors (Lipinski definition) is 0. The van der Waals surface area contributed by atoms with Gasteiger partial charge in [0, 0.05) is 18.2 Å². The van der Waals surface area contributed by atoms with E-state index in [1.54, 1.807) is 0 Å². The van der Waals surface area contributed by atoms with E-state index >= 15 is 0 Å². The Hall–Kier alpha value is -0.700. The van der Waals surface area contributed by atoms with Crippen molar-refractivity contribution in [2.45, 2.75) is 70.4 Å². The van der Waals surface area contributed by atoms with Crippen LogP contribution in [-0.4, -0.2) is 42.1 Å². The maximum atomic E-state index is 12.2. The molecule has 0 bridgehead atoms. The number of likely N-dealkylation sites (N-methyl/N-ethyl adjacent to an activating group) is 1. The second kappa shape index (κ2) is 6.46. The Kier molecular flexibility index (Phi) is 4.93. The molecule has 1 atom stereocenters. The van der Waals surface area contributed by atoms with Gasteiger partial charge in [0.2, 0.25) is 0 Å². The highest BCUT2D eigenvalue weighted by atomic mass is 16.1. The number of carbonyl (C=O) groups excluding carboxylic acids is 1.